The SMILES string of the molecule is Cc1ncc(C)c(N2CCc3ncc(C(F)(F)F)cc3C2)n1. The van der Waals surface area contributed by atoms with Crippen LogP contribution in [0.4, 0.5) is 19.0 Å². The van der Waals surface area contributed by atoms with Crippen LogP contribution in [0.1, 0.15) is 28.2 Å². The maximum atomic E-state index is 12.8. The molecule has 0 fully saturated rings. The van der Waals surface area contributed by atoms with E-state index >= 15 is 0 Å². The van der Waals surface area contributed by atoms with E-state index in [0.29, 0.717) is 30.9 Å². The molecular formula is C15H15F3N4. The molecule has 4 nitrogen and oxygen atoms in total. The monoisotopic (exact) mass is 308 g/mol. The fourth-order valence-corrected chi connectivity index (χ4v) is 2.60. The van der Waals surface area contributed by atoms with Crippen molar-refractivity contribution in [2.75, 3.05) is 11.4 Å². The summed E-state index contributed by atoms with van der Waals surface area (Å²) in [7, 11) is 0. The van der Waals surface area contributed by atoms with E-state index in [9.17, 15) is 13.2 Å². The van der Waals surface area contributed by atoms with E-state index < -0.39 is 11.7 Å². The van der Waals surface area contributed by atoms with E-state index in [0.717, 1.165) is 23.3 Å². The van der Waals surface area contributed by atoms with Crippen LogP contribution in [0.3, 0.4) is 0 Å². The lowest BCUT2D eigenvalue weighted by atomic mass is 10.0. The fourth-order valence-electron chi connectivity index (χ4n) is 2.60. The van der Waals surface area contributed by atoms with Gasteiger partial charge in [-0.1, -0.05) is 0 Å². The van der Waals surface area contributed by atoms with Gasteiger partial charge in [-0.2, -0.15) is 13.2 Å². The highest BCUT2D eigenvalue weighted by atomic mass is 19.4. The lowest BCUT2D eigenvalue weighted by molar-refractivity contribution is -0.137. The molecule has 0 spiro atoms. The van der Waals surface area contributed by atoms with Crippen LogP contribution in [0.25, 0.3) is 0 Å². The smallest absolute Gasteiger partial charge is 0.352 e. The average molecular weight is 308 g/mol. The number of hydrogen-bond donors (Lipinski definition) is 0. The molecule has 7 heteroatoms. The summed E-state index contributed by atoms with van der Waals surface area (Å²) in [4.78, 5) is 14.5. The molecule has 1 aliphatic heterocycles. The molecule has 0 saturated carbocycles. The van der Waals surface area contributed by atoms with Gasteiger partial charge in [0.2, 0.25) is 0 Å². The summed E-state index contributed by atoms with van der Waals surface area (Å²) in [6, 6.07) is 1.19. The zero-order valence-corrected chi connectivity index (χ0v) is 12.3. The summed E-state index contributed by atoms with van der Waals surface area (Å²) in [5.41, 5.74) is 1.54. The minimum Gasteiger partial charge on any atom is -0.352 e. The number of hydrogen-bond acceptors (Lipinski definition) is 4. The van der Waals surface area contributed by atoms with Crippen molar-refractivity contribution in [2.45, 2.75) is 33.0 Å². The van der Waals surface area contributed by atoms with E-state index in [-0.39, 0.29) is 0 Å². The van der Waals surface area contributed by atoms with Crippen molar-refractivity contribution in [3.8, 4) is 0 Å². The van der Waals surface area contributed by atoms with Gasteiger partial charge in [0.25, 0.3) is 0 Å². The first-order valence-corrected chi connectivity index (χ1v) is 6.95. The van der Waals surface area contributed by atoms with Gasteiger partial charge >= 0.3 is 6.18 Å². The standard InChI is InChI=1S/C15H15F3N4/c1-9-6-19-10(2)21-14(9)22-4-3-13-11(8-22)5-12(7-20-13)15(16,17)18/h5-7H,3-4,8H2,1-2H3. The second-order valence-electron chi connectivity index (χ2n) is 5.42. The summed E-state index contributed by atoms with van der Waals surface area (Å²) in [5.74, 6) is 1.42. The number of anilines is 1. The van der Waals surface area contributed by atoms with Gasteiger partial charge in [-0.15, -0.1) is 0 Å². The highest BCUT2D eigenvalue weighted by Crippen LogP contribution is 2.32. The number of rotatable bonds is 1. The first-order valence-electron chi connectivity index (χ1n) is 6.95. The number of aromatic nitrogens is 3. The summed E-state index contributed by atoms with van der Waals surface area (Å²) in [5, 5.41) is 0. The Morgan fingerprint density at radius 2 is 1.91 bits per heavy atom. The Hall–Kier alpha value is -2.18. The highest BCUT2D eigenvalue weighted by molar-refractivity contribution is 5.48. The first kappa shape index (κ1) is 14.7. The minimum atomic E-state index is -4.37. The molecule has 0 unspecified atom stereocenters. The molecule has 1 aliphatic rings. The molecule has 0 radical (unpaired) electrons. The first-order chi connectivity index (χ1) is 10.3. The number of alkyl halides is 3. The lowest BCUT2D eigenvalue weighted by Gasteiger charge is -2.30. The van der Waals surface area contributed by atoms with Gasteiger partial charge < -0.3 is 4.90 Å². The zero-order chi connectivity index (χ0) is 15.9. The second-order valence-corrected chi connectivity index (χ2v) is 5.42. The number of halogens is 3. The normalized spacial score (nSPS) is 14.9. The van der Waals surface area contributed by atoms with Gasteiger partial charge in [0.15, 0.2) is 0 Å². The molecule has 0 amide bonds. The Kier molecular flexibility index (Phi) is 3.50. The van der Waals surface area contributed by atoms with Gasteiger partial charge in [0, 0.05) is 43.2 Å². The Morgan fingerprint density at radius 3 is 2.64 bits per heavy atom. The number of aryl methyl sites for hydroxylation is 2. The Bertz CT molecular complexity index is 712. The molecule has 0 aliphatic carbocycles. The van der Waals surface area contributed by atoms with E-state index in [1.165, 1.54) is 6.07 Å². The van der Waals surface area contributed by atoms with Crippen molar-refractivity contribution in [2.24, 2.45) is 0 Å². The van der Waals surface area contributed by atoms with Crippen molar-refractivity contribution in [1.29, 1.82) is 0 Å². The van der Waals surface area contributed by atoms with Crippen molar-refractivity contribution in [3.05, 3.63) is 46.7 Å². The van der Waals surface area contributed by atoms with Gasteiger partial charge in [-0.05, 0) is 25.5 Å². The van der Waals surface area contributed by atoms with Gasteiger partial charge in [0.05, 0.1) is 5.56 Å². The third-order valence-electron chi connectivity index (χ3n) is 3.73. The zero-order valence-electron chi connectivity index (χ0n) is 12.3. The maximum Gasteiger partial charge on any atom is 0.417 e. The van der Waals surface area contributed by atoms with Crippen molar-refractivity contribution >= 4 is 5.82 Å². The van der Waals surface area contributed by atoms with Crippen LogP contribution in [-0.4, -0.2) is 21.5 Å². The van der Waals surface area contributed by atoms with Crippen molar-refractivity contribution in [1.82, 2.24) is 15.0 Å². The summed E-state index contributed by atoms with van der Waals surface area (Å²) < 4.78 is 38.5. The van der Waals surface area contributed by atoms with E-state index in [2.05, 4.69) is 15.0 Å². The van der Waals surface area contributed by atoms with E-state index in [4.69, 9.17) is 0 Å². The molecule has 22 heavy (non-hydrogen) atoms. The van der Waals surface area contributed by atoms with Crippen LogP contribution in [0.5, 0.6) is 0 Å². The Balaban J connectivity index is 1.94. The van der Waals surface area contributed by atoms with E-state index in [1.807, 2.05) is 11.8 Å². The molecule has 2 aromatic heterocycles. The third-order valence-corrected chi connectivity index (χ3v) is 3.73. The number of fused-ring (bicyclic) bond motifs is 1. The largest absolute Gasteiger partial charge is 0.417 e. The van der Waals surface area contributed by atoms with Gasteiger partial charge in [-0.25, -0.2) is 9.97 Å². The lowest BCUT2D eigenvalue weighted by Crippen LogP contribution is -2.32. The van der Waals surface area contributed by atoms with Crippen LogP contribution in [-0.2, 0) is 19.1 Å². The molecule has 0 bridgehead atoms. The predicted molar refractivity (Wildman–Crippen MR) is 75.5 cm³/mol. The van der Waals surface area contributed by atoms with Gasteiger partial charge in [0.1, 0.15) is 11.6 Å². The van der Waals surface area contributed by atoms with Crippen LogP contribution >= 0.6 is 0 Å². The fraction of sp³-hybridized carbons (Fsp3) is 0.400. The molecule has 0 aromatic carbocycles. The third kappa shape index (κ3) is 2.75. The topological polar surface area (TPSA) is 41.9 Å². The van der Waals surface area contributed by atoms with Crippen LogP contribution < -0.4 is 4.90 Å². The minimum absolute atomic E-state index is 0.379. The Labute approximate surface area is 126 Å². The Morgan fingerprint density at radius 1 is 1.14 bits per heavy atom. The number of nitrogens with zero attached hydrogens (tertiary/aromatic N) is 4. The second kappa shape index (κ2) is 5.23. The molecule has 0 N–H and O–H groups in total. The molecule has 0 atom stereocenters. The van der Waals surface area contributed by atoms with Crippen LogP contribution in [0.15, 0.2) is 18.5 Å². The molecule has 3 rings (SSSR count). The quantitative estimate of drug-likeness (QED) is 0.812. The van der Waals surface area contributed by atoms with Crippen molar-refractivity contribution < 1.29 is 13.2 Å². The summed E-state index contributed by atoms with van der Waals surface area (Å²) >= 11 is 0. The van der Waals surface area contributed by atoms with Crippen LogP contribution in [0, 0.1) is 13.8 Å². The van der Waals surface area contributed by atoms with Crippen LogP contribution in [0.2, 0.25) is 0 Å². The molecule has 2 aromatic rings. The van der Waals surface area contributed by atoms with Crippen molar-refractivity contribution in [3.63, 3.8) is 0 Å². The molecule has 0 saturated heterocycles. The molecule has 3 heterocycles. The average Bonchev–Trinajstić information content (AvgIpc) is 2.47. The predicted octanol–water partition coefficient (Wildman–Crippen LogP) is 3.07. The van der Waals surface area contributed by atoms with Gasteiger partial charge in [-0.3, -0.25) is 4.98 Å². The maximum absolute atomic E-state index is 12.8. The highest BCUT2D eigenvalue weighted by Gasteiger charge is 2.32. The number of pyridine rings is 1. The summed E-state index contributed by atoms with van der Waals surface area (Å²) in [6.07, 6.45) is -1.12. The molecule has 116 valence electrons. The summed E-state index contributed by atoms with van der Waals surface area (Å²) in [6.45, 7) is 4.75. The van der Waals surface area contributed by atoms with E-state index in [1.54, 1.807) is 13.1 Å². The molecular weight excluding hydrogens is 293 g/mol.